The van der Waals surface area contributed by atoms with Crippen molar-refractivity contribution in [1.82, 2.24) is 19.4 Å². The van der Waals surface area contributed by atoms with E-state index in [9.17, 15) is 4.79 Å². The minimum atomic E-state index is 0.192. The van der Waals surface area contributed by atoms with Crippen molar-refractivity contribution in [3.63, 3.8) is 0 Å². The van der Waals surface area contributed by atoms with Crippen molar-refractivity contribution in [2.24, 2.45) is 5.92 Å². The van der Waals surface area contributed by atoms with Crippen LogP contribution in [-0.4, -0.2) is 58.8 Å². The Labute approximate surface area is 181 Å². The van der Waals surface area contributed by atoms with Gasteiger partial charge in [-0.1, -0.05) is 18.2 Å². The summed E-state index contributed by atoms with van der Waals surface area (Å²) in [5.41, 5.74) is 4.12. The second kappa shape index (κ2) is 7.73. The Balaban J connectivity index is 1.27. The molecule has 2 fully saturated rings. The average Bonchev–Trinajstić information content (AvgIpc) is 2.81. The maximum atomic E-state index is 13.3. The van der Waals surface area contributed by atoms with E-state index in [4.69, 9.17) is 9.72 Å². The van der Waals surface area contributed by atoms with Crippen LogP contribution < -0.4 is 10.5 Å². The third-order valence-electron chi connectivity index (χ3n) is 6.94. The van der Waals surface area contributed by atoms with Crippen molar-refractivity contribution in [3.8, 4) is 0 Å². The van der Waals surface area contributed by atoms with E-state index in [2.05, 4.69) is 31.5 Å². The predicted octanol–water partition coefficient (Wildman–Crippen LogP) is 2.25. The van der Waals surface area contributed by atoms with Gasteiger partial charge in [0.1, 0.15) is 5.82 Å². The lowest BCUT2D eigenvalue weighted by atomic mass is 9.83. The first-order valence-corrected chi connectivity index (χ1v) is 11.2. The van der Waals surface area contributed by atoms with Crippen LogP contribution >= 0.6 is 0 Å². The average molecular weight is 418 g/mol. The number of hydrogen-bond donors (Lipinski definition) is 0. The van der Waals surface area contributed by atoms with Crippen molar-refractivity contribution in [2.75, 3.05) is 44.3 Å². The number of ether oxygens (including phenoxy) is 1. The van der Waals surface area contributed by atoms with Gasteiger partial charge in [-0.2, -0.15) is 0 Å². The third-order valence-corrected chi connectivity index (χ3v) is 6.94. The van der Waals surface area contributed by atoms with Gasteiger partial charge >= 0.3 is 0 Å². The van der Waals surface area contributed by atoms with E-state index in [1.807, 2.05) is 30.5 Å². The third kappa shape index (κ3) is 3.51. The van der Waals surface area contributed by atoms with E-state index in [1.54, 1.807) is 0 Å². The van der Waals surface area contributed by atoms with Crippen LogP contribution in [-0.2, 0) is 17.8 Å². The Bertz CT molecular complexity index is 1170. The molecule has 7 nitrogen and oxygen atoms in total. The molecule has 0 N–H and O–H groups in total. The minimum absolute atomic E-state index is 0.192. The molecule has 1 aromatic carbocycles. The highest BCUT2D eigenvalue weighted by atomic mass is 16.5. The second-order valence-electron chi connectivity index (χ2n) is 9.01. The predicted molar refractivity (Wildman–Crippen MR) is 119 cm³/mol. The normalized spacial score (nSPS) is 23.7. The maximum Gasteiger partial charge on any atom is 0.255 e. The summed E-state index contributed by atoms with van der Waals surface area (Å²) < 4.78 is 7.49. The lowest BCUT2D eigenvalue weighted by molar-refractivity contribution is 0.0339. The number of benzene rings is 1. The van der Waals surface area contributed by atoms with Crippen LogP contribution in [0.3, 0.4) is 0 Å². The molecular weight excluding hydrogens is 390 g/mol. The van der Waals surface area contributed by atoms with Gasteiger partial charge in [0, 0.05) is 56.4 Å². The van der Waals surface area contributed by atoms with Crippen LogP contribution in [0.4, 0.5) is 5.82 Å². The Morgan fingerprint density at radius 2 is 1.84 bits per heavy atom. The first-order valence-electron chi connectivity index (χ1n) is 11.2. The largest absolute Gasteiger partial charge is 0.379 e. The highest BCUT2D eigenvalue weighted by Crippen LogP contribution is 2.36. The van der Waals surface area contributed by atoms with Gasteiger partial charge in [-0.3, -0.25) is 14.7 Å². The molecule has 0 amide bonds. The molecule has 0 aliphatic carbocycles. The molecule has 0 radical (unpaired) electrons. The zero-order valence-electron chi connectivity index (χ0n) is 17.6. The Morgan fingerprint density at radius 3 is 2.71 bits per heavy atom. The van der Waals surface area contributed by atoms with Crippen molar-refractivity contribution >= 4 is 16.9 Å². The molecule has 0 saturated carbocycles. The summed E-state index contributed by atoms with van der Waals surface area (Å²) in [6.07, 6.45) is 3.03. The van der Waals surface area contributed by atoms with Crippen molar-refractivity contribution in [1.29, 1.82) is 0 Å². The number of rotatable bonds is 3. The molecule has 2 atom stereocenters. The molecule has 6 rings (SSSR count). The number of fused-ring (bicyclic) bond motifs is 5. The van der Waals surface area contributed by atoms with E-state index in [1.165, 1.54) is 5.69 Å². The fraction of sp³-hybridized carbons (Fsp3) is 0.458. The van der Waals surface area contributed by atoms with E-state index in [-0.39, 0.29) is 5.56 Å². The molecule has 5 heterocycles. The first kappa shape index (κ1) is 19.0. The summed E-state index contributed by atoms with van der Waals surface area (Å²) >= 11 is 0. The summed E-state index contributed by atoms with van der Waals surface area (Å²) in [5, 5.41) is 0. The first-order chi connectivity index (χ1) is 15.2. The van der Waals surface area contributed by atoms with Gasteiger partial charge in [0.15, 0.2) is 0 Å². The molecular formula is C24H27N5O2. The SMILES string of the molecule is O=c1c(CN2CCOCC2)ccc2n1C[C@H]1C[C@@H]2CN(c2cnc3ccccc3n2)C1. The van der Waals surface area contributed by atoms with Gasteiger partial charge in [0.25, 0.3) is 5.56 Å². The monoisotopic (exact) mass is 417 g/mol. The molecule has 0 unspecified atom stereocenters. The summed E-state index contributed by atoms with van der Waals surface area (Å²) in [6.45, 7) is 6.61. The number of aromatic nitrogens is 3. The molecule has 3 aliphatic rings. The number of pyridine rings is 1. The molecule has 160 valence electrons. The summed E-state index contributed by atoms with van der Waals surface area (Å²) in [6, 6.07) is 12.2. The van der Waals surface area contributed by atoms with Crippen molar-refractivity contribution in [3.05, 3.63) is 64.2 Å². The summed E-state index contributed by atoms with van der Waals surface area (Å²) in [7, 11) is 0. The number of para-hydroxylation sites is 2. The minimum Gasteiger partial charge on any atom is -0.379 e. The molecule has 2 aromatic heterocycles. The lowest BCUT2D eigenvalue weighted by Gasteiger charge is -2.43. The maximum absolute atomic E-state index is 13.3. The molecule has 3 aromatic rings. The van der Waals surface area contributed by atoms with Gasteiger partial charge < -0.3 is 14.2 Å². The van der Waals surface area contributed by atoms with E-state index >= 15 is 0 Å². The van der Waals surface area contributed by atoms with Crippen LogP contribution in [0.2, 0.25) is 0 Å². The molecule has 2 saturated heterocycles. The Hall–Kier alpha value is -2.77. The second-order valence-corrected chi connectivity index (χ2v) is 9.01. The number of piperidine rings is 1. The standard InChI is InChI=1S/C24H27N5O2/c30-24-18(15-27-7-9-31-10-8-27)5-6-22-19-11-17(14-29(22)24)13-28(16-19)23-12-25-20-3-1-2-4-21(20)26-23/h1-6,12,17,19H,7-11,13-16H2/t17-,19+/m0/s1. The quantitative estimate of drug-likeness (QED) is 0.651. The highest BCUT2D eigenvalue weighted by molar-refractivity contribution is 5.75. The van der Waals surface area contributed by atoms with Gasteiger partial charge in [0.05, 0.1) is 30.4 Å². The topological polar surface area (TPSA) is 63.5 Å². The number of anilines is 1. The van der Waals surface area contributed by atoms with Crippen LogP contribution in [0.15, 0.2) is 47.4 Å². The lowest BCUT2D eigenvalue weighted by Crippen LogP contribution is -2.48. The van der Waals surface area contributed by atoms with Gasteiger partial charge in [0.2, 0.25) is 0 Å². The molecule has 31 heavy (non-hydrogen) atoms. The van der Waals surface area contributed by atoms with E-state index in [0.717, 1.165) is 81.3 Å². The fourth-order valence-corrected chi connectivity index (χ4v) is 5.40. The van der Waals surface area contributed by atoms with Crippen LogP contribution in [0.25, 0.3) is 11.0 Å². The fourth-order valence-electron chi connectivity index (χ4n) is 5.40. The van der Waals surface area contributed by atoms with E-state index < -0.39 is 0 Å². The van der Waals surface area contributed by atoms with Crippen molar-refractivity contribution < 1.29 is 4.74 Å². The molecule has 3 aliphatic heterocycles. The summed E-state index contributed by atoms with van der Waals surface area (Å²) in [5.74, 6) is 1.75. The highest BCUT2D eigenvalue weighted by Gasteiger charge is 2.35. The zero-order chi connectivity index (χ0) is 20.8. The molecule has 2 bridgehead atoms. The van der Waals surface area contributed by atoms with Gasteiger partial charge in [-0.05, 0) is 30.5 Å². The molecule has 0 spiro atoms. The van der Waals surface area contributed by atoms with Gasteiger partial charge in [-0.25, -0.2) is 4.98 Å². The van der Waals surface area contributed by atoms with Crippen molar-refractivity contribution in [2.45, 2.75) is 25.4 Å². The number of morpholine rings is 1. The zero-order valence-corrected chi connectivity index (χ0v) is 17.6. The Kier molecular flexibility index (Phi) is 4.73. The smallest absolute Gasteiger partial charge is 0.255 e. The summed E-state index contributed by atoms with van der Waals surface area (Å²) in [4.78, 5) is 27.4. The van der Waals surface area contributed by atoms with Gasteiger partial charge in [-0.15, -0.1) is 0 Å². The molecule has 7 heteroatoms. The number of hydrogen-bond acceptors (Lipinski definition) is 6. The number of nitrogens with zero attached hydrogens (tertiary/aromatic N) is 5. The van der Waals surface area contributed by atoms with Crippen LogP contribution in [0.1, 0.15) is 23.6 Å². The van der Waals surface area contributed by atoms with Crippen LogP contribution in [0, 0.1) is 5.92 Å². The van der Waals surface area contributed by atoms with Crippen LogP contribution in [0.5, 0.6) is 0 Å². The Morgan fingerprint density at radius 1 is 1.00 bits per heavy atom. The van der Waals surface area contributed by atoms with E-state index in [0.29, 0.717) is 11.8 Å².